The molecule has 5 nitrogen and oxygen atoms in total. The Morgan fingerprint density at radius 1 is 1.23 bits per heavy atom. The standard InChI is InChI=1S/C20H25N3O2S/c1-7-14(8-2)15-10-12(4)22-23-17(13(5)21-19(15)23)18-11(3)9-16(26-18)20(24)25-6/h9-10,14H,7-8H2,1-6H3. The van der Waals surface area contributed by atoms with E-state index in [1.54, 1.807) is 0 Å². The number of carbonyl (C=O) groups is 1. The number of hydrogen-bond acceptors (Lipinski definition) is 5. The van der Waals surface area contributed by atoms with E-state index in [0.717, 1.165) is 46.0 Å². The second-order valence-corrected chi connectivity index (χ2v) is 7.70. The molecule has 0 bridgehead atoms. The van der Waals surface area contributed by atoms with Gasteiger partial charge in [-0.3, -0.25) is 0 Å². The van der Waals surface area contributed by atoms with Crippen molar-refractivity contribution >= 4 is 23.0 Å². The van der Waals surface area contributed by atoms with Crippen molar-refractivity contribution in [1.82, 2.24) is 14.6 Å². The Kier molecular flexibility index (Phi) is 5.14. The number of esters is 1. The zero-order valence-corrected chi connectivity index (χ0v) is 17.0. The van der Waals surface area contributed by atoms with Gasteiger partial charge in [0.2, 0.25) is 0 Å². The predicted octanol–water partition coefficient (Wildman–Crippen LogP) is 5.07. The highest BCUT2D eigenvalue weighted by molar-refractivity contribution is 7.17. The van der Waals surface area contributed by atoms with Gasteiger partial charge in [0.05, 0.1) is 23.4 Å². The molecule has 0 unspecified atom stereocenters. The van der Waals surface area contributed by atoms with Crippen LogP contribution in [0.25, 0.3) is 16.2 Å². The number of fused-ring (bicyclic) bond motifs is 1. The van der Waals surface area contributed by atoms with Crippen LogP contribution >= 0.6 is 11.3 Å². The summed E-state index contributed by atoms with van der Waals surface area (Å²) in [6.07, 6.45) is 2.14. The molecule has 0 saturated heterocycles. The summed E-state index contributed by atoms with van der Waals surface area (Å²) in [6, 6.07) is 4.03. The predicted molar refractivity (Wildman–Crippen MR) is 105 cm³/mol. The van der Waals surface area contributed by atoms with Gasteiger partial charge >= 0.3 is 5.97 Å². The van der Waals surface area contributed by atoms with Crippen LogP contribution in [0.1, 0.15) is 64.8 Å². The van der Waals surface area contributed by atoms with Crippen LogP contribution in [0.15, 0.2) is 12.1 Å². The zero-order valence-electron chi connectivity index (χ0n) is 16.2. The lowest BCUT2D eigenvalue weighted by Crippen LogP contribution is -2.05. The van der Waals surface area contributed by atoms with Crippen LogP contribution in [0, 0.1) is 20.8 Å². The first-order valence-electron chi connectivity index (χ1n) is 8.97. The summed E-state index contributed by atoms with van der Waals surface area (Å²) in [4.78, 5) is 18.4. The number of aryl methyl sites for hydroxylation is 3. The molecule has 3 aromatic rings. The SMILES string of the molecule is CCC(CC)c1cc(C)nn2c(-c3sc(C(=O)OC)cc3C)c(C)nc12. The number of rotatable bonds is 5. The number of carbonyl (C=O) groups excluding carboxylic acids is 1. The molecule has 26 heavy (non-hydrogen) atoms. The summed E-state index contributed by atoms with van der Waals surface area (Å²) in [5.74, 6) is 0.154. The number of aromatic nitrogens is 3. The Bertz CT molecular complexity index is 967. The quantitative estimate of drug-likeness (QED) is 0.587. The van der Waals surface area contributed by atoms with E-state index >= 15 is 0 Å². The summed E-state index contributed by atoms with van der Waals surface area (Å²) < 4.78 is 6.83. The van der Waals surface area contributed by atoms with Crippen molar-refractivity contribution in [1.29, 1.82) is 0 Å². The normalized spacial score (nSPS) is 11.5. The van der Waals surface area contributed by atoms with Crippen molar-refractivity contribution in [2.45, 2.75) is 53.4 Å². The lowest BCUT2D eigenvalue weighted by molar-refractivity contribution is 0.0606. The van der Waals surface area contributed by atoms with Crippen LogP contribution < -0.4 is 0 Å². The van der Waals surface area contributed by atoms with Crippen molar-refractivity contribution < 1.29 is 9.53 Å². The highest BCUT2D eigenvalue weighted by Gasteiger charge is 2.23. The molecule has 0 spiro atoms. The van der Waals surface area contributed by atoms with Crippen LogP contribution in [0.2, 0.25) is 0 Å². The lowest BCUT2D eigenvalue weighted by Gasteiger charge is -2.14. The number of thiophene rings is 1. The van der Waals surface area contributed by atoms with Gasteiger partial charge in [0.25, 0.3) is 0 Å². The first kappa shape index (κ1) is 18.6. The van der Waals surface area contributed by atoms with Gasteiger partial charge in [0, 0.05) is 5.56 Å². The minimum atomic E-state index is -0.308. The smallest absolute Gasteiger partial charge is 0.348 e. The van der Waals surface area contributed by atoms with Crippen molar-refractivity contribution in [2.24, 2.45) is 0 Å². The fourth-order valence-electron chi connectivity index (χ4n) is 3.49. The first-order valence-corrected chi connectivity index (χ1v) is 9.78. The Balaban J connectivity index is 2.27. The molecule has 0 fully saturated rings. The molecule has 0 saturated carbocycles. The number of nitrogens with zero attached hydrogens (tertiary/aromatic N) is 3. The van der Waals surface area contributed by atoms with Crippen LogP contribution in [-0.2, 0) is 4.74 Å². The van der Waals surface area contributed by atoms with Crippen molar-refractivity contribution in [2.75, 3.05) is 7.11 Å². The molecular weight excluding hydrogens is 346 g/mol. The zero-order chi connectivity index (χ0) is 19.0. The van der Waals surface area contributed by atoms with Crippen molar-refractivity contribution in [3.8, 4) is 10.6 Å². The Morgan fingerprint density at radius 3 is 2.54 bits per heavy atom. The molecule has 0 radical (unpaired) electrons. The van der Waals surface area contributed by atoms with Gasteiger partial charge in [-0.1, -0.05) is 13.8 Å². The average Bonchev–Trinajstić information content (AvgIpc) is 3.14. The maximum Gasteiger partial charge on any atom is 0.348 e. The van der Waals surface area contributed by atoms with Crippen molar-refractivity contribution in [3.63, 3.8) is 0 Å². The molecule has 3 aromatic heterocycles. The van der Waals surface area contributed by atoms with E-state index < -0.39 is 0 Å². The van der Waals surface area contributed by atoms with E-state index in [2.05, 4.69) is 19.9 Å². The number of imidazole rings is 1. The third kappa shape index (κ3) is 3.03. The number of hydrogen-bond donors (Lipinski definition) is 0. The average molecular weight is 372 g/mol. The Hall–Kier alpha value is -2.21. The van der Waals surface area contributed by atoms with Crippen LogP contribution in [-0.4, -0.2) is 27.7 Å². The molecule has 0 aromatic carbocycles. The summed E-state index contributed by atoms with van der Waals surface area (Å²) in [5, 5.41) is 4.74. The molecule has 3 heterocycles. The fourth-order valence-corrected chi connectivity index (χ4v) is 4.66. The molecule has 6 heteroatoms. The van der Waals surface area contributed by atoms with Gasteiger partial charge in [-0.15, -0.1) is 11.3 Å². The summed E-state index contributed by atoms with van der Waals surface area (Å²) in [6.45, 7) is 10.5. The molecule has 0 aliphatic rings. The largest absolute Gasteiger partial charge is 0.465 e. The highest BCUT2D eigenvalue weighted by Crippen LogP contribution is 2.37. The fraction of sp³-hybridized carbons (Fsp3) is 0.450. The topological polar surface area (TPSA) is 56.5 Å². The minimum absolute atomic E-state index is 0.308. The molecule has 0 N–H and O–H groups in total. The maximum absolute atomic E-state index is 11.9. The van der Waals surface area contributed by atoms with Gasteiger partial charge in [-0.2, -0.15) is 5.10 Å². The Morgan fingerprint density at radius 2 is 1.92 bits per heavy atom. The molecule has 0 atom stereocenters. The molecule has 0 aliphatic heterocycles. The molecular formula is C20H25N3O2S. The lowest BCUT2D eigenvalue weighted by atomic mass is 9.95. The van der Waals surface area contributed by atoms with Crippen molar-refractivity contribution in [3.05, 3.63) is 39.5 Å². The third-order valence-corrected chi connectivity index (χ3v) is 6.08. The first-order chi connectivity index (χ1) is 12.4. The number of ether oxygens (including phenoxy) is 1. The van der Waals surface area contributed by atoms with Gasteiger partial charge < -0.3 is 4.74 Å². The van der Waals surface area contributed by atoms with Gasteiger partial charge in [0.1, 0.15) is 10.6 Å². The third-order valence-electron chi connectivity index (χ3n) is 4.85. The summed E-state index contributed by atoms with van der Waals surface area (Å²) >= 11 is 1.44. The molecule has 0 amide bonds. The van der Waals surface area contributed by atoms with E-state index in [9.17, 15) is 4.79 Å². The van der Waals surface area contributed by atoms with E-state index in [1.165, 1.54) is 24.0 Å². The molecule has 3 rings (SSSR count). The second kappa shape index (κ2) is 7.19. The van der Waals surface area contributed by atoms with E-state index in [4.69, 9.17) is 14.8 Å². The molecule has 0 aliphatic carbocycles. The molecule has 138 valence electrons. The van der Waals surface area contributed by atoms with Gasteiger partial charge in [-0.25, -0.2) is 14.3 Å². The number of methoxy groups -OCH3 is 1. The van der Waals surface area contributed by atoms with Crippen LogP contribution in [0.5, 0.6) is 0 Å². The monoisotopic (exact) mass is 371 g/mol. The van der Waals surface area contributed by atoms with E-state index in [-0.39, 0.29) is 5.97 Å². The Labute approximate surface area is 158 Å². The maximum atomic E-state index is 11.9. The van der Waals surface area contributed by atoms with Gasteiger partial charge in [0.15, 0.2) is 5.65 Å². The van der Waals surface area contributed by atoms with Gasteiger partial charge in [-0.05, 0) is 57.2 Å². The summed E-state index contributed by atoms with van der Waals surface area (Å²) in [5.41, 5.74) is 6.07. The highest BCUT2D eigenvalue weighted by atomic mass is 32.1. The van der Waals surface area contributed by atoms with E-state index in [1.807, 2.05) is 31.4 Å². The minimum Gasteiger partial charge on any atom is -0.465 e. The van der Waals surface area contributed by atoms with Crippen LogP contribution in [0.3, 0.4) is 0 Å². The van der Waals surface area contributed by atoms with Crippen LogP contribution in [0.4, 0.5) is 0 Å². The summed E-state index contributed by atoms with van der Waals surface area (Å²) in [7, 11) is 1.41. The van der Waals surface area contributed by atoms with E-state index in [0.29, 0.717) is 10.8 Å². The second-order valence-electron chi connectivity index (χ2n) is 6.65.